The zero-order valence-corrected chi connectivity index (χ0v) is 31.5. The summed E-state index contributed by atoms with van der Waals surface area (Å²) in [6, 6.07) is -0.267. The summed E-state index contributed by atoms with van der Waals surface area (Å²) in [7, 11) is 5.20. The number of carbonyl (C=O) groups is 5. The third kappa shape index (κ3) is 9.25. The Labute approximate surface area is 295 Å². The highest BCUT2D eigenvalue weighted by molar-refractivity contribution is 6.00. The number of carbonyl (C=O) groups excluding carboxylic acids is 5. The topological polar surface area (TPSA) is 162 Å². The van der Waals surface area contributed by atoms with Crippen LogP contribution in [0.4, 0.5) is 4.79 Å². The molecule has 2 aliphatic rings. The van der Waals surface area contributed by atoms with Gasteiger partial charge in [0.25, 0.3) is 0 Å². The van der Waals surface area contributed by atoms with Crippen LogP contribution in [0.3, 0.4) is 0 Å². The third-order valence-electron chi connectivity index (χ3n) is 9.93. The number of esters is 2. The van der Waals surface area contributed by atoms with Crippen molar-refractivity contribution >= 4 is 29.6 Å². The number of ether oxygens (including phenoxy) is 6. The monoisotopic (exact) mass is 705 g/mol. The van der Waals surface area contributed by atoms with Gasteiger partial charge >= 0.3 is 18.0 Å². The minimum absolute atomic E-state index is 0.0922. The van der Waals surface area contributed by atoms with Crippen LogP contribution in [0.25, 0.3) is 0 Å². The maximum absolute atomic E-state index is 14.2. The Morgan fingerprint density at radius 2 is 1.78 bits per heavy atom. The quantitative estimate of drug-likeness (QED) is 0.226. The van der Waals surface area contributed by atoms with E-state index in [2.05, 4.69) is 4.98 Å². The predicted octanol–water partition coefficient (Wildman–Crippen LogP) is 4.13. The average molecular weight is 706 g/mol. The number of hydrogen-bond acceptors (Lipinski definition) is 13. The van der Waals surface area contributed by atoms with Gasteiger partial charge < -0.3 is 33.3 Å². The van der Waals surface area contributed by atoms with Crippen molar-refractivity contribution < 1.29 is 52.4 Å². The summed E-state index contributed by atoms with van der Waals surface area (Å²) in [6.07, 6.45) is 1.25. The number of methoxy groups -OCH3 is 1. The summed E-state index contributed by atoms with van der Waals surface area (Å²) in [6.45, 7) is 14.6. The van der Waals surface area contributed by atoms with Crippen LogP contribution in [0.1, 0.15) is 81.6 Å². The Balaban J connectivity index is 2.14. The van der Waals surface area contributed by atoms with Gasteiger partial charge in [0.2, 0.25) is 0 Å². The fourth-order valence-electron chi connectivity index (χ4n) is 7.10. The van der Waals surface area contributed by atoms with Crippen LogP contribution in [0.5, 0.6) is 0 Å². The van der Waals surface area contributed by atoms with Crippen molar-refractivity contribution in [3.8, 4) is 0 Å². The van der Waals surface area contributed by atoms with Crippen molar-refractivity contribution in [1.29, 1.82) is 0 Å². The van der Waals surface area contributed by atoms with Gasteiger partial charge in [-0.05, 0) is 79.6 Å². The molecule has 11 atom stereocenters. The number of cyclic esters (lactones) is 1. The van der Waals surface area contributed by atoms with E-state index in [-0.39, 0.29) is 36.3 Å². The molecule has 1 aromatic rings. The molecule has 0 amide bonds. The van der Waals surface area contributed by atoms with Gasteiger partial charge in [0.05, 0.1) is 23.9 Å². The minimum Gasteiger partial charge on any atom is -0.457 e. The van der Waals surface area contributed by atoms with E-state index in [0.717, 1.165) is 4.57 Å². The Morgan fingerprint density at radius 1 is 1.12 bits per heavy atom. The molecule has 14 heteroatoms. The second-order valence-electron chi connectivity index (χ2n) is 14.3. The van der Waals surface area contributed by atoms with Gasteiger partial charge in [-0.2, -0.15) is 0 Å². The molecule has 1 fully saturated rings. The summed E-state index contributed by atoms with van der Waals surface area (Å²) < 4.78 is 37.7. The highest BCUT2D eigenvalue weighted by Crippen LogP contribution is 2.38. The first-order chi connectivity index (χ1) is 23.3. The second-order valence-corrected chi connectivity index (χ2v) is 14.3. The number of rotatable bonds is 7. The number of aromatic nitrogens is 2. The van der Waals surface area contributed by atoms with Crippen molar-refractivity contribution in [1.82, 2.24) is 14.5 Å². The molecule has 0 aliphatic carbocycles. The van der Waals surface area contributed by atoms with Crippen molar-refractivity contribution in [2.75, 3.05) is 21.2 Å². The number of nitrogens with zero attached hydrogens (tertiary/aromatic N) is 3. The third-order valence-corrected chi connectivity index (χ3v) is 9.93. The number of hydrogen-bond donors (Lipinski definition) is 0. The van der Waals surface area contributed by atoms with Crippen LogP contribution in [-0.4, -0.2) is 113 Å². The van der Waals surface area contributed by atoms with Crippen LogP contribution in [0, 0.1) is 17.8 Å². The molecule has 0 N–H and O–H groups in total. The number of ketones is 2. The molecule has 0 unspecified atom stereocenters. The zero-order chi connectivity index (χ0) is 37.7. The van der Waals surface area contributed by atoms with E-state index in [1.165, 1.54) is 45.8 Å². The van der Waals surface area contributed by atoms with Gasteiger partial charge in [0, 0.05) is 38.3 Å². The minimum atomic E-state index is -1.59. The Bertz CT molecular complexity index is 1410. The summed E-state index contributed by atoms with van der Waals surface area (Å²) in [5, 5.41) is 0. The summed E-state index contributed by atoms with van der Waals surface area (Å²) in [5.74, 6) is -5.09. The summed E-state index contributed by atoms with van der Waals surface area (Å²) >= 11 is 0. The molecule has 0 saturated carbocycles. The van der Waals surface area contributed by atoms with Crippen LogP contribution in [0.15, 0.2) is 30.4 Å². The van der Waals surface area contributed by atoms with Crippen LogP contribution >= 0.6 is 0 Å². The molecule has 0 radical (unpaired) electrons. The van der Waals surface area contributed by atoms with Crippen LogP contribution in [-0.2, 0) is 47.6 Å². The fraction of sp³-hybridized carbons (Fsp3) is 0.722. The van der Waals surface area contributed by atoms with Gasteiger partial charge in [0.1, 0.15) is 18.3 Å². The van der Waals surface area contributed by atoms with Gasteiger partial charge in [0.15, 0.2) is 29.6 Å². The lowest BCUT2D eigenvalue weighted by molar-refractivity contribution is -0.297. The van der Waals surface area contributed by atoms with Gasteiger partial charge in [-0.25, -0.2) is 14.3 Å². The lowest BCUT2D eigenvalue weighted by Gasteiger charge is -2.47. The van der Waals surface area contributed by atoms with Gasteiger partial charge in [-0.1, -0.05) is 20.8 Å². The maximum atomic E-state index is 14.2. The highest BCUT2D eigenvalue weighted by atomic mass is 16.7. The first-order valence-corrected chi connectivity index (χ1v) is 17.2. The first-order valence-electron chi connectivity index (χ1n) is 17.2. The highest BCUT2D eigenvalue weighted by Gasteiger charge is 2.51. The molecule has 280 valence electrons. The molecule has 3 rings (SSSR count). The number of imidazole rings is 1. The number of Topliss-reactive ketones (excluding diaryl/α,β-unsaturated/α-hetero) is 2. The summed E-state index contributed by atoms with van der Waals surface area (Å²) in [5.41, 5.74) is -2.62. The Hall–Kier alpha value is -3.46. The Morgan fingerprint density at radius 3 is 2.32 bits per heavy atom. The smallest absolute Gasteiger partial charge is 0.420 e. The lowest BCUT2D eigenvalue weighted by atomic mass is 9.77. The molecule has 0 bridgehead atoms. The van der Waals surface area contributed by atoms with Crippen molar-refractivity contribution in [3.05, 3.63) is 30.4 Å². The zero-order valence-electron chi connectivity index (χ0n) is 31.5. The molecule has 3 heterocycles. The average Bonchev–Trinajstić information content (AvgIpc) is 3.60. The standard InChI is InChI=1S/C36H55N3O11/c1-13-27-35(8,50-34(44)39-15-14-37-19-39)17-20(2)28(41)21(3)18-36(9,45-12)31(23(5)29(42)24(6)32(43)48-27)49-33-30(47-25(7)40)26(38(10)11)16-22(4)46-33/h14-15,17,19,21-24,26-27,30-31,33H,13,16,18H2,1-12H3/t21-,22-,23+,24-,26+,27-,30-,31-,33+,35+,36+/m1/s1. The SMILES string of the molecule is CC[C@H]1OC(=O)[C@H](C)C(=O)[C@H](C)[C@@H](O[C@@H]2O[C@H](C)C[C@H](N(C)C)[C@H]2OC(C)=O)[C@@](C)(OC)C[C@@H](C)C(=O)C(C)=C[C@]1(C)OC(=O)n1ccnc1. The molecular formula is C36H55N3O11. The molecule has 14 nitrogen and oxygen atoms in total. The summed E-state index contributed by atoms with van der Waals surface area (Å²) in [4.78, 5) is 73.2. The maximum Gasteiger partial charge on any atom is 0.420 e. The fourth-order valence-corrected chi connectivity index (χ4v) is 7.10. The van der Waals surface area contributed by atoms with E-state index < -0.39 is 77.4 Å². The van der Waals surface area contributed by atoms with E-state index >= 15 is 0 Å². The van der Waals surface area contributed by atoms with Crippen LogP contribution < -0.4 is 0 Å². The van der Waals surface area contributed by atoms with Gasteiger partial charge in [-0.15, -0.1) is 0 Å². The van der Waals surface area contributed by atoms with Crippen LogP contribution in [0.2, 0.25) is 0 Å². The molecule has 50 heavy (non-hydrogen) atoms. The van der Waals surface area contributed by atoms with Crippen molar-refractivity contribution in [3.63, 3.8) is 0 Å². The van der Waals surface area contributed by atoms with E-state index in [4.69, 9.17) is 28.4 Å². The Kier molecular flexibility index (Phi) is 13.7. The number of likely N-dealkylation sites (N-methyl/N-ethyl adjacent to an activating group) is 1. The first kappa shape index (κ1) is 41.0. The molecule has 0 aromatic carbocycles. The van der Waals surface area contributed by atoms with E-state index in [9.17, 15) is 24.0 Å². The van der Waals surface area contributed by atoms with Crippen molar-refractivity contribution in [2.45, 2.75) is 130 Å². The lowest BCUT2D eigenvalue weighted by Crippen LogP contribution is -2.60. The van der Waals surface area contributed by atoms with E-state index in [0.29, 0.717) is 6.42 Å². The molecule has 2 aliphatic heterocycles. The molecule has 1 saturated heterocycles. The molecule has 1 aromatic heterocycles. The van der Waals surface area contributed by atoms with Gasteiger partial charge in [-0.3, -0.25) is 19.2 Å². The predicted molar refractivity (Wildman–Crippen MR) is 181 cm³/mol. The normalized spacial score (nSPS) is 36.3. The largest absolute Gasteiger partial charge is 0.457 e. The molecular weight excluding hydrogens is 650 g/mol. The van der Waals surface area contributed by atoms with E-state index in [1.54, 1.807) is 41.5 Å². The second kappa shape index (κ2) is 16.7. The van der Waals surface area contributed by atoms with Crippen molar-refractivity contribution in [2.24, 2.45) is 17.8 Å². The van der Waals surface area contributed by atoms with E-state index in [1.807, 2.05) is 25.9 Å². The number of allylic oxidation sites excluding steroid dienone is 1. The molecule has 0 spiro atoms.